The van der Waals surface area contributed by atoms with Crippen LogP contribution >= 0.6 is 15.9 Å². The van der Waals surface area contributed by atoms with Crippen LogP contribution in [-0.4, -0.2) is 32.4 Å². The number of carbonyl (C=O) groups is 1. The Hall–Kier alpha value is -1.47. The van der Waals surface area contributed by atoms with Crippen molar-refractivity contribution in [1.82, 2.24) is 20.3 Å². The third-order valence-electron chi connectivity index (χ3n) is 3.06. The minimum Gasteiger partial charge on any atom is -0.348 e. The van der Waals surface area contributed by atoms with Gasteiger partial charge in [-0.05, 0) is 36.7 Å². The van der Waals surface area contributed by atoms with Gasteiger partial charge in [0.05, 0.1) is 11.8 Å². The molecule has 0 radical (unpaired) electrons. The first-order valence-corrected chi connectivity index (χ1v) is 6.67. The van der Waals surface area contributed by atoms with Crippen LogP contribution in [0.1, 0.15) is 31.1 Å². The molecule has 102 valence electrons. The zero-order valence-electron chi connectivity index (χ0n) is 11.0. The third kappa shape index (κ3) is 2.93. The van der Waals surface area contributed by atoms with Crippen LogP contribution in [0.2, 0.25) is 0 Å². The van der Waals surface area contributed by atoms with Crippen molar-refractivity contribution in [2.24, 2.45) is 5.73 Å². The molecule has 2 heterocycles. The summed E-state index contributed by atoms with van der Waals surface area (Å²) in [5.41, 5.74) is 7.04. The fraction of sp³-hybridized carbons (Fsp3) is 0.417. The van der Waals surface area contributed by atoms with Crippen LogP contribution in [0.25, 0.3) is 11.2 Å². The molecular weight excluding hydrogens is 310 g/mol. The molecule has 4 N–H and O–H groups in total. The number of aromatic nitrogens is 3. The van der Waals surface area contributed by atoms with Crippen molar-refractivity contribution in [3.05, 3.63) is 22.6 Å². The molecular formula is C12H16BrN5O. The average molecular weight is 326 g/mol. The zero-order valence-corrected chi connectivity index (χ0v) is 12.6. The third-order valence-corrected chi connectivity index (χ3v) is 3.44. The predicted octanol–water partition coefficient (Wildman–Crippen LogP) is 1.58. The van der Waals surface area contributed by atoms with Crippen molar-refractivity contribution in [3.8, 4) is 0 Å². The summed E-state index contributed by atoms with van der Waals surface area (Å²) in [4.78, 5) is 23.5. The van der Waals surface area contributed by atoms with Gasteiger partial charge in [-0.15, -0.1) is 0 Å². The summed E-state index contributed by atoms with van der Waals surface area (Å²) < 4.78 is 0.584. The molecule has 0 bridgehead atoms. The highest BCUT2D eigenvalue weighted by molar-refractivity contribution is 9.10. The zero-order chi connectivity index (χ0) is 14.2. The highest BCUT2D eigenvalue weighted by Crippen LogP contribution is 2.17. The first kappa shape index (κ1) is 14.0. The minimum absolute atomic E-state index is 0.162. The van der Waals surface area contributed by atoms with Gasteiger partial charge in [0, 0.05) is 17.8 Å². The molecule has 2 aromatic rings. The summed E-state index contributed by atoms with van der Waals surface area (Å²) in [6, 6.07) is -0.162. The summed E-state index contributed by atoms with van der Waals surface area (Å²) in [5, 5.41) is 2.87. The second-order valence-electron chi connectivity index (χ2n) is 5.11. The fourth-order valence-electron chi connectivity index (χ4n) is 1.50. The molecule has 0 saturated carbocycles. The van der Waals surface area contributed by atoms with Gasteiger partial charge in [0.1, 0.15) is 10.1 Å². The number of carbonyl (C=O) groups excluding carboxylic acids is 1. The molecule has 6 nitrogen and oxygen atoms in total. The van der Waals surface area contributed by atoms with Gasteiger partial charge in [0.15, 0.2) is 5.65 Å². The van der Waals surface area contributed by atoms with Crippen molar-refractivity contribution in [3.63, 3.8) is 0 Å². The van der Waals surface area contributed by atoms with E-state index in [9.17, 15) is 4.79 Å². The Kier molecular flexibility index (Phi) is 3.60. The van der Waals surface area contributed by atoms with Crippen molar-refractivity contribution >= 4 is 33.0 Å². The smallest absolute Gasteiger partial charge is 0.255 e. The van der Waals surface area contributed by atoms with E-state index in [0.717, 1.165) is 0 Å². The number of nitrogens with zero attached hydrogens (tertiary/aromatic N) is 2. The van der Waals surface area contributed by atoms with E-state index in [4.69, 9.17) is 5.73 Å². The second kappa shape index (κ2) is 4.90. The Morgan fingerprint density at radius 2 is 2.26 bits per heavy atom. The molecule has 7 heteroatoms. The number of hydrogen-bond acceptors (Lipinski definition) is 4. The molecule has 2 rings (SSSR count). The molecule has 0 aromatic carbocycles. The fourth-order valence-corrected chi connectivity index (χ4v) is 1.78. The number of fused-ring (bicyclic) bond motifs is 1. The van der Waals surface area contributed by atoms with Crippen LogP contribution in [0, 0.1) is 0 Å². The number of nitrogens with two attached hydrogens (primary N) is 1. The molecule has 0 aliphatic rings. The molecule has 0 saturated heterocycles. The number of rotatable bonds is 3. The molecule has 1 amide bonds. The van der Waals surface area contributed by atoms with E-state index in [1.165, 1.54) is 0 Å². The van der Waals surface area contributed by atoms with Gasteiger partial charge >= 0.3 is 0 Å². The largest absolute Gasteiger partial charge is 0.348 e. The van der Waals surface area contributed by atoms with Gasteiger partial charge in [-0.2, -0.15) is 0 Å². The molecule has 0 spiro atoms. The Balaban J connectivity index is 2.29. The second-order valence-corrected chi connectivity index (χ2v) is 5.92. The van der Waals surface area contributed by atoms with Gasteiger partial charge in [0.2, 0.25) is 0 Å². The van der Waals surface area contributed by atoms with E-state index in [1.807, 2.05) is 20.8 Å². The van der Waals surface area contributed by atoms with Crippen LogP contribution in [-0.2, 0) is 0 Å². The van der Waals surface area contributed by atoms with Gasteiger partial charge < -0.3 is 16.0 Å². The van der Waals surface area contributed by atoms with E-state index in [2.05, 4.69) is 36.2 Å². The highest BCUT2D eigenvalue weighted by atomic mass is 79.9. The van der Waals surface area contributed by atoms with Crippen molar-refractivity contribution < 1.29 is 4.79 Å². The number of halogens is 1. The van der Waals surface area contributed by atoms with E-state index >= 15 is 0 Å². The van der Waals surface area contributed by atoms with Crippen molar-refractivity contribution in [2.45, 2.75) is 32.4 Å². The van der Waals surface area contributed by atoms with E-state index in [-0.39, 0.29) is 11.9 Å². The molecule has 2 aromatic heterocycles. The lowest BCUT2D eigenvalue weighted by molar-refractivity contribution is 0.0926. The van der Waals surface area contributed by atoms with Gasteiger partial charge in [-0.3, -0.25) is 4.79 Å². The summed E-state index contributed by atoms with van der Waals surface area (Å²) in [7, 11) is 0. The van der Waals surface area contributed by atoms with Crippen LogP contribution in [0.3, 0.4) is 0 Å². The lowest BCUT2D eigenvalue weighted by Crippen LogP contribution is -2.52. The normalized spacial score (nSPS) is 13.5. The van der Waals surface area contributed by atoms with Crippen molar-refractivity contribution in [1.29, 1.82) is 0 Å². The Bertz CT molecular complexity index is 616. The molecule has 19 heavy (non-hydrogen) atoms. The molecule has 1 atom stereocenters. The maximum absolute atomic E-state index is 12.2. The first-order chi connectivity index (χ1) is 8.79. The Labute approximate surface area is 119 Å². The van der Waals surface area contributed by atoms with E-state index in [1.54, 1.807) is 12.4 Å². The number of hydrogen-bond donors (Lipinski definition) is 3. The summed E-state index contributed by atoms with van der Waals surface area (Å²) >= 11 is 3.24. The maximum atomic E-state index is 12.2. The number of aromatic amines is 1. The Morgan fingerprint density at radius 1 is 1.58 bits per heavy atom. The van der Waals surface area contributed by atoms with E-state index < -0.39 is 5.54 Å². The lowest BCUT2D eigenvalue weighted by Gasteiger charge is -2.27. The standard InChI is InChI=1S/C12H16BrN5O/c1-6(12(2,3)14)17-11(19)7-4-15-10-9(7)18-8(13)5-16-10/h4-6H,14H2,1-3H3,(H,15,16)(H,17,19)/t6-/m0/s1. The highest BCUT2D eigenvalue weighted by Gasteiger charge is 2.24. The van der Waals surface area contributed by atoms with Crippen molar-refractivity contribution in [2.75, 3.05) is 0 Å². The quantitative estimate of drug-likeness (QED) is 0.798. The summed E-state index contributed by atoms with van der Waals surface area (Å²) in [6.07, 6.45) is 3.18. The number of nitrogens with one attached hydrogen (secondary N) is 2. The van der Waals surface area contributed by atoms with Crippen LogP contribution in [0.15, 0.2) is 17.0 Å². The van der Waals surface area contributed by atoms with Gasteiger partial charge in [-0.25, -0.2) is 9.97 Å². The predicted molar refractivity (Wildman–Crippen MR) is 76.8 cm³/mol. The van der Waals surface area contributed by atoms with E-state index in [0.29, 0.717) is 21.3 Å². The lowest BCUT2D eigenvalue weighted by atomic mass is 9.97. The molecule has 0 aliphatic carbocycles. The average Bonchev–Trinajstić information content (AvgIpc) is 2.70. The number of amides is 1. The Morgan fingerprint density at radius 3 is 2.89 bits per heavy atom. The molecule has 0 fully saturated rings. The summed E-state index contributed by atoms with van der Waals surface area (Å²) in [6.45, 7) is 5.60. The SMILES string of the molecule is C[C@H](NC(=O)c1c[nH]c2ncc(Br)nc12)C(C)(C)N. The number of H-pyrrole nitrogens is 1. The minimum atomic E-state index is -0.492. The van der Waals surface area contributed by atoms with Crippen LogP contribution in [0.4, 0.5) is 0 Å². The first-order valence-electron chi connectivity index (χ1n) is 5.88. The monoisotopic (exact) mass is 325 g/mol. The maximum Gasteiger partial charge on any atom is 0.255 e. The topological polar surface area (TPSA) is 96.7 Å². The van der Waals surface area contributed by atoms with Gasteiger partial charge in [-0.1, -0.05) is 0 Å². The van der Waals surface area contributed by atoms with Crippen LogP contribution < -0.4 is 11.1 Å². The molecule has 0 aliphatic heterocycles. The van der Waals surface area contributed by atoms with Gasteiger partial charge in [0.25, 0.3) is 5.91 Å². The summed E-state index contributed by atoms with van der Waals surface area (Å²) in [5.74, 6) is -0.218. The van der Waals surface area contributed by atoms with Crippen LogP contribution in [0.5, 0.6) is 0 Å². The molecule has 0 unspecified atom stereocenters.